The molecule has 168 valence electrons. The summed E-state index contributed by atoms with van der Waals surface area (Å²) in [6.45, 7) is 4.51. The Kier molecular flexibility index (Phi) is 6.86. The number of carbonyl (C=O) groups is 3. The first kappa shape index (κ1) is 21.8. The van der Waals surface area contributed by atoms with Crippen molar-refractivity contribution in [1.29, 1.82) is 0 Å². The first-order valence-electron chi connectivity index (χ1n) is 10.7. The van der Waals surface area contributed by atoms with Crippen molar-refractivity contribution in [3.8, 4) is 0 Å². The quantitative estimate of drug-likeness (QED) is 0.636. The number of nitrogens with zero attached hydrogens (tertiary/aromatic N) is 2. The number of ether oxygens (including phenoxy) is 1. The summed E-state index contributed by atoms with van der Waals surface area (Å²) < 4.78 is 10.8. The number of hydrogen-bond donors (Lipinski definition) is 2. The molecule has 9 nitrogen and oxygen atoms in total. The average molecular weight is 449 g/mol. The molecule has 3 amide bonds. The molecule has 0 spiro atoms. The SMILES string of the molecule is CCOC(=O)C1=C(CN2CCCC2C(=O)N2CCSCC2)NC(=O)NC1c1ccco1. The molecule has 0 radical (unpaired) electrons. The van der Waals surface area contributed by atoms with Gasteiger partial charge in [-0.05, 0) is 38.4 Å². The van der Waals surface area contributed by atoms with Crippen molar-refractivity contribution in [3.05, 3.63) is 35.4 Å². The van der Waals surface area contributed by atoms with Crippen LogP contribution >= 0.6 is 11.8 Å². The molecule has 0 aromatic carbocycles. The molecule has 4 heterocycles. The van der Waals surface area contributed by atoms with E-state index in [1.54, 1.807) is 19.1 Å². The van der Waals surface area contributed by atoms with Gasteiger partial charge in [0.25, 0.3) is 0 Å². The zero-order valence-electron chi connectivity index (χ0n) is 17.6. The van der Waals surface area contributed by atoms with Gasteiger partial charge in [0.2, 0.25) is 5.91 Å². The maximum absolute atomic E-state index is 13.1. The van der Waals surface area contributed by atoms with Crippen LogP contribution in [0.4, 0.5) is 4.79 Å². The Morgan fingerprint density at radius 3 is 2.81 bits per heavy atom. The van der Waals surface area contributed by atoms with Gasteiger partial charge in [0.1, 0.15) is 11.8 Å². The zero-order chi connectivity index (χ0) is 21.8. The van der Waals surface area contributed by atoms with Crippen molar-refractivity contribution in [2.24, 2.45) is 0 Å². The summed E-state index contributed by atoms with van der Waals surface area (Å²) in [6, 6.07) is 2.02. The fourth-order valence-corrected chi connectivity index (χ4v) is 5.26. The second kappa shape index (κ2) is 9.78. The smallest absolute Gasteiger partial charge is 0.338 e. The summed E-state index contributed by atoms with van der Waals surface area (Å²) in [5.74, 6) is 2.00. The predicted octanol–water partition coefficient (Wildman–Crippen LogP) is 1.49. The Hall–Kier alpha value is -2.46. The van der Waals surface area contributed by atoms with Crippen LogP contribution in [0.3, 0.4) is 0 Å². The summed E-state index contributed by atoms with van der Waals surface area (Å²) in [5.41, 5.74) is 0.765. The third-order valence-electron chi connectivity index (χ3n) is 5.81. The first-order valence-corrected chi connectivity index (χ1v) is 11.9. The Labute approximate surface area is 185 Å². The lowest BCUT2D eigenvalue weighted by atomic mass is 9.99. The Bertz CT molecular complexity index is 850. The van der Waals surface area contributed by atoms with Crippen LogP contribution in [0.15, 0.2) is 34.1 Å². The number of thioether (sulfide) groups is 1. The van der Waals surface area contributed by atoms with Crippen LogP contribution < -0.4 is 10.6 Å². The highest BCUT2D eigenvalue weighted by atomic mass is 32.2. The normalized spacial score (nSPS) is 24.7. The second-order valence-electron chi connectivity index (χ2n) is 7.73. The maximum Gasteiger partial charge on any atom is 0.338 e. The minimum Gasteiger partial charge on any atom is -0.467 e. The minimum atomic E-state index is -0.742. The lowest BCUT2D eigenvalue weighted by molar-refractivity contribution is -0.139. The molecule has 10 heteroatoms. The first-order chi connectivity index (χ1) is 15.1. The monoisotopic (exact) mass is 448 g/mol. The number of hydrogen-bond acceptors (Lipinski definition) is 7. The van der Waals surface area contributed by atoms with Crippen molar-refractivity contribution in [2.45, 2.75) is 31.8 Å². The number of esters is 1. The van der Waals surface area contributed by atoms with E-state index in [0.29, 0.717) is 17.0 Å². The second-order valence-corrected chi connectivity index (χ2v) is 8.95. The topological polar surface area (TPSA) is 104 Å². The van der Waals surface area contributed by atoms with Crippen molar-refractivity contribution in [3.63, 3.8) is 0 Å². The molecule has 0 saturated carbocycles. The standard InChI is InChI=1S/C21H28N4O5S/c1-2-29-20(27)17-14(22-21(28)23-18(17)16-6-4-10-30-16)13-25-7-3-5-15(25)19(26)24-8-11-31-12-9-24/h4,6,10,15,18H,2-3,5,7-9,11-13H2,1H3,(H2,22,23,28). The average Bonchev–Trinajstić information content (AvgIpc) is 3.46. The van der Waals surface area contributed by atoms with Crippen LogP contribution in [-0.4, -0.2) is 78.0 Å². The summed E-state index contributed by atoms with van der Waals surface area (Å²) in [7, 11) is 0. The van der Waals surface area contributed by atoms with Gasteiger partial charge in [0.05, 0.1) is 24.5 Å². The van der Waals surface area contributed by atoms with Gasteiger partial charge >= 0.3 is 12.0 Å². The number of carbonyl (C=O) groups excluding carboxylic acids is 3. The van der Waals surface area contributed by atoms with Gasteiger partial charge in [0, 0.05) is 36.8 Å². The lowest BCUT2D eigenvalue weighted by Crippen LogP contribution is -2.52. The van der Waals surface area contributed by atoms with Crippen LogP contribution in [0.2, 0.25) is 0 Å². The van der Waals surface area contributed by atoms with Crippen molar-refractivity contribution < 1.29 is 23.5 Å². The lowest BCUT2D eigenvalue weighted by Gasteiger charge is -2.34. The Balaban J connectivity index is 1.60. The molecular weight excluding hydrogens is 420 g/mol. The molecule has 1 aromatic rings. The van der Waals surface area contributed by atoms with E-state index in [-0.39, 0.29) is 25.1 Å². The zero-order valence-corrected chi connectivity index (χ0v) is 18.4. The van der Waals surface area contributed by atoms with Gasteiger partial charge in [-0.1, -0.05) is 0 Å². The van der Waals surface area contributed by atoms with E-state index >= 15 is 0 Å². The highest BCUT2D eigenvalue weighted by Gasteiger charge is 2.39. The molecule has 0 bridgehead atoms. The third kappa shape index (κ3) is 4.74. The highest BCUT2D eigenvalue weighted by molar-refractivity contribution is 7.99. The summed E-state index contributed by atoms with van der Waals surface area (Å²) in [5, 5.41) is 5.53. The number of urea groups is 1. The molecule has 2 N–H and O–H groups in total. The molecule has 4 rings (SSSR count). The van der Waals surface area contributed by atoms with E-state index in [0.717, 1.165) is 44.0 Å². The fraction of sp³-hybridized carbons (Fsp3) is 0.571. The molecular formula is C21H28N4O5S. The van der Waals surface area contributed by atoms with Crippen molar-refractivity contribution in [1.82, 2.24) is 20.4 Å². The molecule has 0 aliphatic carbocycles. The molecule has 2 unspecified atom stereocenters. The van der Waals surface area contributed by atoms with Gasteiger partial charge in [-0.25, -0.2) is 9.59 Å². The van der Waals surface area contributed by atoms with Crippen molar-refractivity contribution >= 4 is 29.7 Å². The molecule has 1 aromatic heterocycles. The van der Waals surface area contributed by atoms with Gasteiger partial charge in [-0.15, -0.1) is 0 Å². The van der Waals surface area contributed by atoms with Gasteiger partial charge in [-0.2, -0.15) is 11.8 Å². The van der Waals surface area contributed by atoms with E-state index in [1.165, 1.54) is 6.26 Å². The molecule has 31 heavy (non-hydrogen) atoms. The molecule has 2 atom stereocenters. The van der Waals surface area contributed by atoms with E-state index in [1.807, 2.05) is 16.7 Å². The Morgan fingerprint density at radius 1 is 1.29 bits per heavy atom. The van der Waals surface area contributed by atoms with Crippen LogP contribution in [0.5, 0.6) is 0 Å². The molecule has 3 aliphatic heterocycles. The summed E-state index contributed by atoms with van der Waals surface area (Å²) in [6.07, 6.45) is 3.17. The molecule has 2 fully saturated rings. The van der Waals surface area contributed by atoms with Crippen LogP contribution in [0.25, 0.3) is 0 Å². The molecule has 3 aliphatic rings. The van der Waals surface area contributed by atoms with E-state index < -0.39 is 18.0 Å². The highest BCUT2D eigenvalue weighted by Crippen LogP contribution is 2.30. The summed E-state index contributed by atoms with van der Waals surface area (Å²) >= 11 is 1.87. The van der Waals surface area contributed by atoms with Crippen LogP contribution in [0, 0.1) is 0 Å². The van der Waals surface area contributed by atoms with Gasteiger partial charge in [-0.3, -0.25) is 9.69 Å². The number of rotatable bonds is 6. The van der Waals surface area contributed by atoms with E-state index in [2.05, 4.69) is 15.5 Å². The van der Waals surface area contributed by atoms with Crippen LogP contribution in [0.1, 0.15) is 31.6 Å². The maximum atomic E-state index is 13.1. The number of amides is 3. The fourth-order valence-electron chi connectivity index (χ4n) is 4.35. The summed E-state index contributed by atoms with van der Waals surface area (Å²) in [4.78, 5) is 42.4. The minimum absolute atomic E-state index is 0.138. The number of nitrogens with one attached hydrogen (secondary N) is 2. The predicted molar refractivity (Wildman–Crippen MR) is 115 cm³/mol. The number of furan rings is 1. The van der Waals surface area contributed by atoms with Crippen molar-refractivity contribution in [2.75, 3.05) is 44.3 Å². The van der Waals surface area contributed by atoms with Crippen LogP contribution in [-0.2, 0) is 14.3 Å². The van der Waals surface area contributed by atoms with Gasteiger partial charge in [0.15, 0.2) is 0 Å². The van der Waals surface area contributed by atoms with E-state index in [9.17, 15) is 14.4 Å². The number of likely N-dealkylation sites (tertiary alicyclic amines) is 1. The largest absolute Gasteiger partial charge is 0.467 e. The van der Waals surface area contributed by atoms with Gasteiger partial charge < -0.3 is 24.7 Å². The van der Waals surface area contributed by atoms with E-state index in [4.69, 9.17) is 9.15 Å². The third-order valence-corrected chi connectivity index (χ3v) is 6.75. The molecule has 2 saturated heterocycles. The Morgan fingerprint density at radius 2 is 2.10 bits per heavy atom.